The maximum atomic E-state index is 11.5. The van der Waals surface area contributed by atoms with Crippen LogP contribution in [0.3, 0.4) is 0 Å². The van der Waals surface area contributed by atoms with Gasteiger partial charge in [0.05, 0.1) is 12.5 Å². The molecule has 0 bridgehead atoms. The molecule has 0 aromatic rings. The van der Waals surface area contributed by atoms with Crippen LogP contribution in [0.1, 0.15) is 39.5 Å². The molecule has 0 saturated carbocycles. The summed E-state index contributed by atoms with van der Waals surface area (Å²) < 4.78 is 5.29. The zero-order valence-electron chi connectivity index (χ0n) is 14.5. The smallest absolute Gasteiger partial charge is 0.313 e. The minimum atomic E-state index is -0.625. The Bertz CT molecular complexity index is 679. The van der Waals surface area contributed by atoms with E-state index in [0.29, 0.717) is 24.0 Å². The van der Waals surface area contributed by atoms with E-state index in [4.69, 9.17) is 4.74 Å². The molecule has 0 spiro atoms. The number of carbonyl (C=O) groups is 1. The molecule has 1 saturated heterocycles. The van der Waals surface area contributed by atoms with Crippen molar-refractivity contribution in [2.75, 3.05) is 0 Å². The van der Waals surface area contributed by atoms with Gasteiger partial charge in [-0.2, -0.15) is 0 Å². The van der Waals surface area contributed by atoms with Crippen LogP contribution in [0.15, 0.2) is 59.9 Å². The van der Waals surface area contributed by atoms with E-state index in [1.165, 1.54) is 11.1 Å². The van der Waals surface area contributed by atoms with Gasteiger partial charge in [-0.1, -0.05) is 56.4 Å². The Morgan fingerprint density at radius 2 is 2.17 bits per heavy atom. The van der Waals surface area contributed by atoms with E-state index < -0.39 is 6.10 Å². The van der Waals surface area contributed by atoms with Crippen molar-refractivity contribution in [1.82, 2.24) is 0 Å². The monoisotopic (exact) mass is 326 g/mol. The summed E-state index contributed by atoms with van der Waals surface area (Å²) in [5.41, 5.74) is 3.48. The van der Waals surface area contributed by atoms with Crippen LogP contribution in [0.2, 0.25) is 0 Å². The molecule has 2 aliphatic carbocycles. The van der Waals surface area contributed by atoms with Crippen molar-refractivity contribution >= 4 is 5.97 Å². The zero-order chi connectivity index (χ0) is 17.5. The van der Waals surface area contributed by atoms with Crippen molar-refractivity contribution in [1.29, 1.82) is 0 Å². The van der Waals surface area contributed by atoms with Crippen LogP contribution in [-0.2, 0) is 9.53 Å². The lowest BCUT2D eigenvalue weighted by molar-refractivity contribution is -0.145. The van der Waals surface area contributed by atoms with Crippen molar-refractivity contribution in [3.8, 4) is 0 Å². The molecule has 1 aliphatic heterocycles. The molecule has 128 valence electrons. The number of carbonyl (C=O) groups excluding carboxylic acids is 1. The predicted octanol–water partition coefficient (Wildman–Crippen LogP) is 4.23. The number of aliphatic hydroxyl groups excluding tert-OH is 1. The third-order valence-electron chi connectivity index (χ3n) is 5.77. The van der Waals surface area contributed by atoms with E-state index in [9.17, 15) is 9.90 Å². The molecule has 24 heavy (non-hydrogen) atoms. The second-order valence-corrected chi connectivity index (χ2v) is 7.51. The molecule has 3 aliphatic rings. The lowest BCUT2D eigenvalue weighted by atomic mass is 9.56. The quantitative estimate of drug-likeness (QED) is 0.610. The van der Waals surface area contributed by atoms with Crippen molar-refractivity contribution in [3.05, 3.63) is 59.9 Å². The summed E-state index contributed by atoms with van der Waals surface area (Å²) >= 11 is 0. The van der Waals surface area contributed by atoms with Crippen LogP contribution in [0, 0.1) is 17.3 Å². The maximum Gasteiger partial charge on any atom is 0.313 e. The molecule has 0 radical (unpaired) electrons. The Kier molecular flexibility index (Phi) is 4.39. The predicted molar refractivity (Wildman–Crippen MR) is 94.9 cm³/mol. The molecular weight excluding hydrogens is 300 g/mol. The lowest BCUT2D eigenvalue weighted by Crippen LogP contribution is -2.38. The van der Waals surface area contributed by atoms with Crippen LogP contribution in [0.25, 0.3) is 0 Å². The second-order valence-electron chi connectivity index (χ2n) is 7.51. The topological polar surface area (TPSA) is 46.5 Å². The Morgan fingerprint density at radius 1 is 1.42 bits per heavy atom. The highest BCUT2D eigenvalue weighted by molar-refractivity contribution is 5.72. The normalized spacial score (nSPS) is 38.0. The van der Waals surface area contributed by atoms with Crippen LogP contribution in [-0.4, -0.2) is 17.2 Å². The fourth-order valence-corrected chi connectivity index (χ4v) is 4.26. The molecule has 0 unspecified atom stereocenters. The van der Waals surface area contributed by atoms with Crippen molar-refractivity contribution in [2.45, 2.75) is 45.6 Å². The molecule has 4 atom stereocenters. The van der Waals surface area contributed by atoms with Gasteiger partial charge in [0, 0.05) is 11.8 Å². The van der Waals surface area contributed by atoms with Crippen LogP contribution >= 0.6 is 0 Å². The summed E-state index contributed by atoms with van der Waals surface area (Å²) in [7, 11) is 0. The minimum Gasteiger partial charge on any atom is -0.431 e. The van der Waals surface area contributed by atoms with Gasteiger partial charge in [-0.3, -0.25) is 4.79 Å². The molecule has 1 fully saturated rings. The van der Waals surface area contributed by atoms with Gasteiger partial charge >= 0.3 is 5.97 Å². The summed E-state index contributed by atoms with van der Waals surface area (Å²) in [6, 6.07) is 0. The highest BCUT2D eigenvalue weighted by Crippen LogP contribution is 2.54. The molecule has 3 heteroatoms. The van der Waals surface area contributed by atoms with E-state index in [2.05, 4.69) is 45.2 Å². The Hall–Kier alpha value is -1.87. The third-order valence-corrected chi connectivity index (χ3v) is 5.77. The van der Waals surface area contributed by atoms with Crippen LogP contribution in [0.4, 0.5) is 0 Å². The highest BCUT2D eigenvalue weighted by Gasteiger charge is 2.44. The Labute approximate surface area is 144 Å². The molecule has 3 nitrogen and oxygen atoms in total. The van der Waals surface area contributed by atoms with E-state index >= 15 is 0 Å². The van der Waals surface area contributed by atoms with E-state index in [1.54, 1.807) is 0 Å². The average Bonchev–Trinajstić information content (AvgIpc) is 2.48. The first-order valence-electron chi connectivity index (χ1n) is 8.65. The third kappa shape index (κ3) is 2.93. The summed E-state index contributed by atoms with van der Waals surface area (Å²) in [4.78, 5) is 11.5. The number of hydrogen-bond donors (Lipinski definition) is 1. The average molecular weight is 326 g/mol. The van der Waals surface area contributed by atoms with Crippen molar-refractivity contribution in [2.24, 2.45) is 17.3 Å². The minimum absolute atomic E-state index is 0.0867. The number of rotatable bonds is 2. The van der Waals surface area contributed by atoms with Gasteiger partial charge in [0.1, 0.15) is 5.76 Å². The van der Waals surface area contributed by atoms with Crippen LogP contribution < -0.4 is 0 Å². The second kappa shape index (κ2) is 6.21. The van der Waals surface area contributed by atoms with Gasteiger partial charge in [0.25, 0.3) is 0 Å². The Morgan fingerprint density at radius 3 is 2.88 bits per heavy atom. The SMILES string of the molecule is C=C1C=C2C=C[C@H](C)[C@H](C/C=C3\C[C@@H](O)CC(=O)O3)[C@@]2(C)C(=C)C1. The fourth-order valence-electron chi connectivity index (χ4n) is 4.26. The van der Waals surface area contributed by atoms with Gasteiger partial charge in [-0.05, 0) is 36.3 Å². The number of esters is 1. The van der Waals surface area contributed by atoms with Crippen molar-refractivity contribution < 1.29 is 14.6 Å². The molecular formula is C21H26O3. The standard InChI is InChI=1S/C21H26O3/c1-13-9-15(3)21(4)16(10-13)6-5-14(2)19(21)8-7-18-11-17(22)12-20(23)24-18/h5-7,10,14,17,19,22H,1,3,8-9,11-12H2,2,4H3/b18-7+/t14-,17+,19-,21-/m0/s1. The van der Waals surface area contributed by atoms with Crippen LogP contribution in [0.5, 0.6) is 0 Å². The van der Waals surface area contributed by atoms with Crippen molar-refractivity contribution in [3.63, 3.8) is 0 Å². The first-order chi connectivity index (χ1) is 11.3. The van der Waals surface area contributed by atoms with Gasteiger partial charge in [-0.15, -0.1) is 0 Å². The number of fused-ring (bicyclic) bond motifs is 1. The van der Waals surface area contributed by atoms with E-state index in [-0.39, 0.29) is 17.8 Å². The largest absolute Gasteiger partial charge is 0.431 e. The number of ether oxygens (including phenoxy) is 1. The van der Waals surface area contributed by atoms with E-state index in [0.717, 1.165) is 18.4 Å². The Balaban J connectivity index is 1.88. The summed E-state index contributed by atoms with van der Waals surface area (Å²) in [5.74, 6) is 0.998. The molecule has 1 heterocycles. The lowest BCUT2D eigenvalue weighted by Gasteiger charge is -2.48. The first-order valence-corrected chi connectivity index (χ1v) is 8.65. The molecule has 3 rings (SSSR count). The zero-order valence-corrected chi connectivity index (χ0v) is 14.5. The van der Waals surface area contributed by atoms with Gasteiger partial charge in [0.2, 0.25) is 0 Å². The number of cyclic esters (lactones) is 1. The number of aliphatic hydroxyl groups is 1. The van der Waals surface area contributed by atoms with E-state index in [1.807, 2.05) is 6.08 Å². The first kappa shape index (κ1) is 17.0. The van der Waals surface area contributed by atoms with Gasteiger partial charge in [-0.25, -0.2) is 0 Å². The van der Waals surface area contributed by atoms with Gasteiger partial charge < -0.3 is 9.84 Å². The summed E-state index contributed by atoms with van der Waals surface area (Å²) in [6.07, 6.45) is 10.1. The molecule has 0 amide bonds. The fraction of sp³-hybridized carbons (Fsp3) is 0.476. The molecule has 1 N–H and O–H groups in total. The highest BCUT2D eigenvalue weighted by atomic mass is 16.5. The number of hydrogen-bond acceptors (Lipinski definition) is 3. The molecule has 0 aromatic heterocycles. The molecule has 0 aromatic carbocycles. The maximum absolute atomic E-state index is 11.5. The number of allylic oxidation sites excluding steroid dienone is 7. The summed E-state index contributed by atoms with van der Waals surface area (Å²) in [5, 5.41) is 9.76. The van der Waals surface area contributed by atoms with Gasteiger partial charge in [0.15, 0.2) is 0 Å². The summed E-state index contributed by atoms with van der Waals surface area (Å²) in [6.45, 7) is 12.9.